The van der Waals surface area contributed by atoms with Gasteiger partial charge in [0.15, 0.2) is 0 Å². The van der Waals surface area contributed by atoms with Crippen molar-refractivity contribution in [3.05, 3.63) is 29.3 Å². The summed E-state index contributed by atoms with van der Waals surface area (Å²) in [5.41, 5.74) is 2.34. The van der Waals surface area contributed by atoms with Gasteiger partial charge in [-0.2, -0.15) is 0 Å². The highest BCUT2D eigenvalue weighted by Crippen LogP contribution is 2.21. The third kappa shape index (κ3) is 6.37. The predicted molar refractivity (Wildman–Crippen MR) is 81.1 cm³/mol. The fraction of sp³-hybridized carbons (Fsp3) is 0.625. The first-order valence-corrected chi connectivity index (χ1v) is 7.13. The van der Waals surface area contributed by atoms with Crippen LogP contribution in [0.4, 0.5) is 0 Å². The van der Waals surface area contributed by atoms with E-state index in [0.717, 1.165) is 30.9 Å². The van der Waals surface area contributed by atoms with Crippen molar-refractivity contribution in [3.8, 4) is 5.75 Å². The molecule has 0 fully saturated rings. The lowest BCUT2D eigenvalue weighted by molar-refractivity contribution is 0.0916. The Bertz CT molecular complexity index is 380. The van der Waals surface area contributed by atoms with Crippen molar-refractivity contribution in [2.75, 3.05) is 27.4 Å². The van der Waals surface area contributed by atoms with Crippen molar-refractivity contribution in [2.45, 2.75) is 39.5 Å². The maximum absolute atomic E-state index is 5.66. The van der Waals surface area contributed by atoms with Gasteiger partial charge in [0.25, 0.3) is 0 Å². The average Bonchev–Trinajstić information content (AvgIpc) is 2.45. The monoisotopic (exact) mass is 281 g/mol. The van der Waals surface area contributed by atoms with Crippen LogP contribution < -0.4 is 10.1 Å². The van der Waals surface area contributed by atoms with Gasteiger partial charge in [0.1, 0.15) is 5.75 Å². The van der Waals surface area contributed by atoms with Gasteiger partial charge in [0.05, 0.1) is 13.7 Å². The summed E-state index contributed by atoms with van der Waals surface area (Å²) >= 11 is 0. The molecule has 0 saturated carbocycles. The molecule has 1 rings (SSSR count). The van der Waals surface area contributed by atoms with Gasteiger partial charge in [-0.1, -0.05) is 19.9 Å². The summed E-state index contributed by atoms with van der Waals surface area (Å²) < 4.78 is 16.0. The second-order valence-corrected chi connectivity index (χ2v) is 5.08. The van der Waals surface area contributed by atoms with Crippen molar-refractivity contribution in [2.24, 2.45) is 0 Å². The van der Waals surface area contributed by atoms with Gasteiger partial charge < -0.3 is 19.5 Å². The summed E-state index contributed by atoms with van der Waals surface area (Å²) in [7, 11) is 3.39. The van der Waals surface area contributed by atoms with Crippen molar-refractivity contribution in [1.29, 1.82) is 0 Å². The highest BCUT2D eigenvalue weighted by Gasteiger charge is 2.05. The van der Waals surface area contributed by atoms with Crippen molar-refractivity contribution >= 4 is 0 Å². The summed E-state index contributed by atoms with van der Waals surface area (Å²) in [6, 6.07) is 6.71. The first kappa shape index (κ1) is 17.0. The van der Waals surface area contributed by atoms with Crippen LogP contribution in [0.1, 0.15) is 31.4 Å². The topological polar surface area (TPSA) is 39.7 Å². The number of hydrogen-bond acceptors (Lipinski definition) is 4. The fourth-order valence-corrected chi connectivity index (χ4v) is 1.86. The van der Waals surface area contributed by atoms with Crippen LogP contribution in [0.2, 0.25) is 0 Å². The molecule has 0 aliphatic carbocycles. The SMILES string of the molecule is COCCCOCc1cc(CNC(C)C)ccc1OC. The molecule has 114 valence electrons. The molecule has 0 spiro atoms. The van der Waals surface area contributed by atoms with Crippen LogP contribution in [0.5, 0.6) is 5.75 Å². The second-order valence-electron chi connectivity index (χ2n) is 5.08. The summed E-state index contributed by atoms with van der Waals surface area (Å²) in [6.45, 7) is 7.15. The zero-order valence-electron chi connectivity index (χ0n) is 13.1. The van der Waals surface area contributed by atoms with Gasteiger partial charge in [-0.05, 0) is 24.1 Å². The zero-order valence-corrected chi connectivity index (χ0v) is 13.1. The van der Waals surface area contributed by atoms with E-state index in [-0.39, 0.29) is 0 Å². The van der Waals surface area contributed by atoms with Crippen molar-refractivity contribution in [1.82, 2.24) is 5.32 Å². The van der Waals surface area contributed by atoms with E-state index in [2.05, 4.69) is 31.3 Å². The molecule has 0 amide bonds. The molecule has 0 aliphatic heterocycles. The molecule has 0 aliphatic rings. The van der Waals surface area contributed by atoms with Crippen molar-refractivity contribution in [3.63, 3.8) is 0 Å². The van der Waals surface area contributed by atoms with E-state index in [9.17, 15) is 0 Å². The molecule has 20 heavy (non-hydrogen) atoms. The van der Waals surface area contributed by atoms with E-state index >= 15 is 0 Å². The van der Waals surface area contributed by atoms with Crippen LogP contribution in [0, 0.1) is 0 Å². The summed E-state index contributed by atoms with van der Waals surface area (Å²) in [4.78, 5) is 0. The normalized spacial score (nSPS) is 11.1. The van der Waals surface area contributed by atoms with E-state index in [4.69, 9.17) is 14.2 Å². The second kappa shape index (κ2) is 9.75. The molecule has 4 heteroatoms. The molecule has 1 aromatic rings. The fourth-order valence-electron chi connectivity index (χ4n) is 1.86. The molecule has 0 atom stereocenters. The van der Waals surface area contributed by atoms with Crippen LogP contribution in [0.15, 0.2) is 18.2 Å². The number of ether oxygens (including phenoxy) is 3. The Hall–Kier alpha value is -1.10. The lowest BCUT2D eigenvalue weighted by Crippen LogP contribution is -2.21. The highest BCUT2D eigenvalue weighted by atomic mass is 16.5. The first-order chi connectivity index (χ1) is 9.67. The molecule has 0 bridgehead atoms. The van der Waals surface area contributed by atoms with E-state index < -0.39 is 0 Å². The molecule has 0 radical (unpaired) electrons. The van der Waals surface area contributed by atoms with Crippen LogP contribution in [-0.2, 0) is 22.6 Å². The maximum Gasteiger partial charge on any atom is 0.124 e. The number of rotatable bonds is 10. The van der Waals surface area contributed by atoms with Gasteiger partial charge in [-0.25, -0.2) is 0 Å². The van der Waals surface area contributed by atoms with Gasteiger partial charge in [0.2, 0.25) is 0 Å². The summed E-state index contributed by atoms with van der Waals surface area (Å²) in [5, 5.41) is 3.41. The molecule has 0 unspecified atom stereocenters. The minimum absolute atomic E-state index is 0.478. The zero-order chi connectivity index (χ0) is 14.8. The lowest BCUT2D eigenvalue weighted by Gasteiger charge is -2.13. The number of nitrogens with one attached hydrogen (secondary N) is 1. The Morgan fingerprint density at radius 1 is 1.15 bits per heavy atom. The van der Waals surface area contributed by atoms with E-state index in [0.29, 0.717) is 19.3 Å². The minimum Gasteiger partial charge on any atom is -0.496 e. The van der Waals surface area contributed by atoms with E-state index in [1.165, 1.54) is 5.56 Å². The van der Waals surface area contributed by atoms with E-state index in [1.54, 1.807) is 14.2 Å². The molecule has 1 N–H and O–H groups in total. The van der Waals surface area contributed by atoms with Crippen LogP contribution in [-0.4, -0.2) is 33.5 Å². The van der Waals surface area contributed by atoms with Crippen LogP contribution in [0.25, 0.3) is 0 Å². The lowest BCUT2D eigenvalue weighted by atomic mass is 10.1. The largest absolute Gasteiger partial charge is 0.496 e. The molecule has 0 aromatic heterocycles. The summed E-state index contributed by atoms with van der Waals surface area (Å²) in [5.74, 6) is 0.880. The van der Waals surface area contributed by atoms with Crippen molar-refractivity contribution < 1.29 is 14.2 Å². The first-order valence-electron chi connectivity index (χ1n) is 7.13. The van der Waals surface area contributed by atoms with Crippen LogP contribution in [0.3, 0.4) is 0 Å². The number of hydrogen-bond donors (Lipinski definition) is 1. The van der Waals surface area contributed by atoms with Crippen LogP contribution >= 0.6 is 0 Å². The smallest absolute Gasteiger partial charge is 0.124 e. The predicted octanol–water partition coefficient (Wildman–Crippen LogP) is 2.75. The van der Waals surface area contributed by atoms with Gasteiger partial charge in [-0.3, -0.25) is 0 Å². The third-order valence-corrected chi connectivity index (χ3v) is 2.95. The molecule has 0 saturated heterocycles. The molecule has 0 heterocycles. The quantitative estimate of drug-likeness (QED) is 0.669. The highest BCUT2D eigenvalue weighted by molar-refractivity contribution is 5.36. The maximum atomic E-state index is 5.66. The van der Waals surface area contributed by atoms with Gasteiger partial charge >= 0.3 is 0 Å². The Morgan fingerprint density at radius 3 is 2.60 bits per heavy atom. The van der Waals surface area contributed by atoms with Gasteiger partial charge in [0, 0.05) is 38.5 Å². The standard InChI is InChI=1S/C16H27NO3/c1-13(2)17-11-14-6-7-16(19-4)15(10-14)12-20-9-5-8-18-3/h6-7,10,13,17H,5,8-9,11-12H2,1-4H3. The average molecular weight is 281 g/mol. The van der Waals surface area contributed by atoms with Gasteiger partial charge in [-0.15, -0.1) is 0 Å². The summed E-state index contributed by atoms with van der Waals surface area (Å²) in [6.07, 6.45) is 0.910. The number of methoxy groups -OCH3 is 2. The Balaban J connectivity index is 2.54. The molecular formula is C16H27NO3. The molecule has 1 aromatic carbocycles. The Labute approximate surface area is 122 Å². The molecular weight excluding hydrogens is 254 g/mol. The minimum atomic E-state index is 0.478. The van der Waals surface area contributed by atoms with E-state index in [1.807, 2.05) is 6.07 Å². The Kier molecular flexibility index (Phi) is 8.26. The molecule has 4 nitrogen and oxygen atoms in total. The Morgan fingerprint density at radius 2 is 1.95 bits per heavy atom. The third-order valence-electron chi connectivity index (χ3n) is 2.95. The number of benzene rings is 1.